The van der Waals surface area contributed by atoms with E-state index in [1.54, 1.807) is 6.92 Å². The first-order valence-electron chi connectivity index (χ1n) is 7.11. The molecule has 0 heterocycles. The summed E-state index contributed by atoms with van der Waals surface area (Å²) in [5.41, 5.74) is 0.403. The Bertz CT molecular complexity index is 432. The molecule has 4 heteroatoms. The minimum atomic E-state index is -0.560. The number of aliphatic hydroxyl groups excluding tert-OH is 1. The van der Waals surface area contributed by atoms with Crippen LogP contribution < -0.4 is 5.32 Å². The average molecular weight is 285 g/mol. The molecule has 0 aliphatic carbocycles. The lowest BCUT2D eigenvalue weighted by Gasteiger charge is -2.29. The molecule has 0 saturated heterocycles. The van der Waals surface area contributed by atoms with E-state index in [1.165, 1.54) is 12.1 Å². The Kier molecular flexibility index (Phi) is 6.08. The summed E-state index contributed by atoms with van der Waals surface area (Å²) in [7, 11) is 0. The molecule has 0 spiro atoms. The van der Waals surface area contributed by atoms with E-state index in [2.05, 4.69) is 19.2 Å². The topological polar surface area (TPSA) is 32.3 Å². The molecule has 0 bridgehead atoms. The first-order chi connectivity index (χ1) is 9.25. The second-order valence-electron chi connectivity index (χ2n) is 6.22. The van der Waals surface area contributed by atoms with E-state index in [9.17, 15) is 13.9 Å². The zero-order chi connectivity index (χ0) is 15.3. The van der Waals surface area contributed by atoms with Crippen LogP contribution in [0.5, 0.6) is 0 Å². The van der Waals surface area contributed by atoms with Gasteiger partial charge in [-0.05, 0) is 31.2 Å². The van der Waals surface area contributed by atoms with Crippen molar-refractivity contribution in [3.8, 4) is 0 Å². The monoisotopic (exact) mass is 285 g/mol. The van der Waals surface area contributed by atoms with E-state index in [1.807, 2.05) is 6.92 Å². The molecule has 1 aromatic carbocycles. The van der Waals surface area contributed by atoms with Crippen LogP contribution in [-0.2, 0) is 0 Å². The fourth-order valence-corrected chi connectivity index (χ4v) is 2.53. The maximum Gasteiger partial charge on any atom is 0.130 e. The molecule has 2 nitrogen and oxygen atoms in total. The Hall–Kier alpha value is -1.00. The molecule has 2 N–H and O–H groups in total. The second kappa shape index (κ2) is 7.14. The Labute approximate surface area is 120 Å². The van der Waals surface area contributed by atoms with Crippen LogP contribution in [0.3, 0.4) is 0 Å². The summed E-state index contributed by atoms with van der Waals surface area (Å²) in [6.07, 6.45) is 1.02. The summed E-state index contributed by atoms with van der Waals surface area (Å²) in [6, 6.07) is 3.54. The Morgan fingerprint density at radius 2 is 1.95 bits per heavy atom. The summed E-state index contributed by atoms with van der Waals surface area (Å²) in [5.74, 6) is -1.08. The van der Waals surface area contributed by atoms with Gasteiger partial charge in [-0.1, -0.05) is 26.8 Å². The third-order valence-corrected chi connectivity index (χ3v) is 3.42. The van der Waals surface area contributed by atoms with Crippen molar-refractivity contribution in [3.05, 3.63) is 35.4 Å². The van der Waals surface area contributed by atoms with Crippen molar-refractivity contribution in [1.82, 2.24) is 5.32 Å². The lowest BCUT2D eigenvalue weighted by molar-refractivity contribution is 0.126. The molecule has 0 saturated carbocycles. The third kappa shape index (κ3) is 5.17. The van der Waals surface area contributed by atoms with Crippen molar-refractivity contribution in [1.29, 1.82) is 0 Å². The summed E-state index contributed by atoms with van der Waals surface area (Å²) in [4.78, 5) is 0. The number of hydrogen-bond acceptors (Lipinski definition) is 2. The van der Waals surface area contributed by atoms with Crippen molar-refractivity contribution < 1.29 is 13.9 Å². The van der Waals surface area contributed by atoms with Gasteiger partial charge in [0.25, 0.3) is 0 Å². The maximum absolute atomic E-state index is 13.8. The third-order valence-electron chi connectivity index (χ3n) is 3.42. The van der Waals surface area contributed by atoms with Crippen molar-refractivity contribution in [2.24, 2.45) is 5.41 Å². The van der Waals surface area contributed by atoms with Gasteiger partial charge in [-0.3, -0.25) is 0 Å². The van der Waals surface area contributed by atoms with Crippen molar-refractivity contribution in [3.63, 3.8) is 0 Å². The van der Waals surface area contributed by atoms with Crippen LogP contribution in [0.15, 0.2) is 18.2 Å². The zero-order valence-electron chi connectivity index (χ0n) is 12.7. The second-order valence-corrected chi connectivity index (χ2v) is 6.22. The van der Waals surface area contributed by atoms with Gasteiger partial charge in [-0.15, -0.1) is 0 Å². The molecule has 0 radical (unpaired) electrons. The van der Waals surface area contributed by atoms with Gasteiger partial charge < -0.3 is 10.4 Å². The lowest BCUT2D eigenvalue weighted by Crippen LogP contribution is -2.34. The van der Waals surface area contributed by atoms with Crippen molar-refractivity contribution in [2.45, 2.75) is 52.7 Å². The Morgan fingerprint density at radius 1 is 1.30 bits per heavy atom. The molecule has 1 aromatic rings. The summed E-state index contributed by atoms with van der Waals surface area (Å²) >= 11 is 0. The van der Waals surface area contributed by atoms with Crippen LogP contribution in [0.1, 0.15) is 52.1 Å². The molecule has 1 rings (SSSR count). The van der Waals surface area contributed by atoms with Gasteiger partial charge in [-0.2, -0.15) is 0 Å². The summed E-state index contributed by atoms with van der Waals surface area (Å²) < 4.78 is 26.7. The highest BCUT2D eigenvalue weighted by Crippen LogP contribution is 2.25. The minimum Gasteiger partial charge on any atom is -0.393 e. The van der Waals surface area contributed by atoms with Gasteiger partial charge in [0, 0.05) is 24.2 Å². The van der Waals surface area contributed by atoms with Gasteiger partial charge in [-0.25, -0.2) is 8.78 Å². The Balaban J connectivity index is 2.72. The predicted molar refractivity (Wildman–Crippen MR) is 77.5 cm³/mol. The van der Waals surface area contributed by atoms with Gasteiger partial charge in [0.1, 0.15) is 11.6 Å². The molecular formula is C16H25F2NO. The van der Waals surface area contributed by atoms with Crippen LogP contribution in [0, 0.1) is 17.0 Å². The zero-order valence-corrected chi connectivity index (χ0v) is 12.7. The minimum absolute atomic E-state index is 0.0852. The van der Waals surface area contributed by atoms with E-state index in [4.69, 9.17) is 0 Å². The molecule has 0 amide bonds. The van der Waals surface area contributed by atoms with E-state index in [0.29, 0.717) is 24.9 Å². The summed E-state index contributed by atoms with van der Waals surface area (Å²) in [5, 5.41) is 12.8. The first kappa shape index (κ1) is 17.1. The molecule has 2 unspecified atom stereocenters. The molecule has 20 heavy (non-hydrogen) atoms. The number of rotatable bonds is 7. The average Bonchev–Trinajstić information content (AvgIpc) is 2.30. The van der Waals surface area contributed by atoms with E-state index in [0.717, 1.165) is 6.07 Å². The highest BCUT2D eigenvalue weighted by molar-refractivity contribution is 5.22. The van der Waals surface area contributed by atoms with E-state index < -0.39 is 11.6 Å². The van der Waals surface area contributed by atoms with Crippen molar-refractivity contribution in [2.75, 3.05) is 6.54 Å². The number of aliphatic hydroxyl groups is 1. The predicted octanol–water partition coefficient (Wildman–Crippen LogP) is 3.80. The van der Waals surface area contributed by atoms with Gasteiger partial charge >= 0.3 is 0 Å². The molecule has 0 aliphatic rings. The normalized spacial score (nSPS) is 15.2. The lowest BCUT2D eigenvalue weighted by atomic mass is 9.86. The molecule has 0 aliphatic heterocycles. The fourth-order valence-electron chi connectivity index (χ4n) is 2.53. The van der Waals surface area contributed by atoms with Gasteiger partial charge in [0.2, 0.25) is 0 Å². The van der Waals surface area contributed by atoms with E-state index in [-0.39, 0.29) is 17.6 Å². The number of halogens is 2. The van der Waals surface area contributed by atoms with Crippen LogP contribution >= 0.6 is 0 Å². The van der Waals surface area contributed by atoms with Crippen LogP contribution in [-0.4, -0.2) is 17.8 Å². The van der Waals surface area contributed by atoms with Gasteiger partial charge in [0.05, 0.1) is 6.10 Å². The molecule has 0 aromatic heterocycles. The smallest absolute Gasteiger partial charge is 0.130 e. The summed E-state index contributed by atoms with van der Waals surface area (Å²) in [6.45, 7) is 8.50. The number of benzene rings is 1. The van der Waals surface area contributed by atoms with Crippen LogP contribution in [0.25, 0.3) is 0 Å². The standard InChI is InChI=1S/C16H25F2NO/c1-5-15(13-7-6-12(17)8-14(13)18)19-10-16(3,4)9-11(2)20/h6-8,11,15,19-20H,5,9-10H2,1-4H3. The van der Waals surface area contributed by atoms with Gasteiger partial charge in [0.15, 0.2) is 0 Å². The maximum atomic E-state index is 13.8. The molecule has 114 valence electrons. The first-order valence-corrected chi connectivity index (χ1v) is 7.11. The molecule has 0 fully saturated rings. The molecular weight excluding hydrogens is 260 g/mol. The Morgan fingerprint density at radius 3 is 2.45 bits per heavy atom. The highest BCUT2D eigenvalue weighted by Gasteiger charge is 2.22. The largest absolute Gasteiger partial charge is 0.393 e. The number of nitrogens with one attached hydrogen (secondary N) is 1. The fraction of sp³-hybridized carbons (Fsp3) is 0.625. The number of hydrogen-bond donors (Lipinski definition) is 2. The SMILES string of the molecule is CCC(NCC(C)(C)CC(C)O)c1ccc(F)cc1F. The van der Waals surface area contributed by atoms with E-state index >= 15 is 0 Å². The molecule has 2 atom stereocenters. The van der Waals surface area contributed by atoms with Crippen LogP contribution in [0.4, 0.5) is 8.78 Å². The van der Waals surface area contributed by atoms with Crippen LogP contribution in [0.2, 0.25) is 0 Å². The highest BCUT2D eigenvalue weighted by atomic mass is 19.1. The van der Waals surface area contributed by atoms with Crippen molar-refractivity contribution >= 4 is 0 Å². The quantitative estimate of drug-likeness (QED) is 0.798.